The lowest BCUT2D eigenvalue weighted by atomic mass is 9.96. The van der Waals surface area contributed by atoms with Crippen LogP contribution in [0.25, 0.3) is 5.57 Å². The van der Waals surface area contributed by atoms with Gasteiger partial charge in [0.05, 0.1) is 13.2 Å². The highest BCUT2D eigenvalue weighted by atomic mass is 16.5. The first kappa shape index (κ1) is 20.6. The van der Waals surface area contributed by atoms with Crippen LogP contribution in [0, 0.1) is 0 Å². The van der Waals surface area contributed by atoms with Crippen molar-refractivity contribution in [3.8, 4) is 11.5 Å². The molecule has 0 radical (unpaired) electrons. The lowest BCUT2D eigenvalue weighted by molar-refractivity contribution is -0.114. The van der Waals surface area contributed by atoms with Gasteiger partial charge >= 0.3 is 0 Å². The molecule has 5 heteroatoms. The first-order chi connectivity index (χ1) is 14.0. The van der Waals surface area contributed by atoms with E-state index in [2.05, 4.69) is 5.32 Å². The van der Waals surface area contributed by atoms with Gasteiger partial charge in [-0.1, -0.05) is 18.2 Å². The Labute approximate surface area is 171 Å². The Morgan fingerprint density at radius 1 is 0.966 bits per heavy atom. The van der Waals surface area contributed by atoms with Crippen molar-refractivity contribution in [1.29, 1.82) is 0 Å². The second-order valence-corrected chi connectivity index (χ2v) is 7.32. The predicted molar refractivity (Wildman–Crippen MR) is 114 cm³/mol. The zero-order valence-corrected chi connectivity index (χ0v) is 17.2. The maximum atomic E-state index is 11.9. The molecule has 0 unspecified atom stereocenters. The summed E-state index contributed by atoms with van der Waals surface area (Å²) in [4.78, 5) is 23.2. The Morgan fingerprint density at radius 2 is 1.62 bits per heavy atom. The third-order valence-corrected chi connectivity index (χ3v) is 4.93. The molecule has 152 valence electrons. The zero-order valence-electron chi connectivity index (χ0n) is 17.2. The number of nitrogens with one attached hydrogen (secondary N) is 1. The van der Waals surface area contributed by atoms with Crippen LogP contribution in [0.3, 0.4) is 0 Å². The Morgan fingerprint density at radius 3 is 2.21 bits per heavy atom. The van der Waals surface area contributed by atoms with E-state index in [1.807, 2.05) is 42.5 Å². The highest BCUT2D eigenvalue weighted by Gasteiger charge is 2.19. The van der Waals surface area contributed by atoms with Crippen LogP contribution in [0.5, 0.6) is 11.5 Å². The average molecular weight is 393 g/mol. The van der Waals surface area contributed by atoms with Crippen LogP contribution in [0.1, 0.15) is 50.7 Å². The lowest BCUT2D eigenvalue weighted by Gasteiger charge is -2.18. The van der Waals surface area contributed by atoms with Crippen LogP contribution < -0.4 is 14.8 Å². The fourth-order valence-electron chi connectivity index (χ4n) is 3.60. The largest absolute Gasteiger partial charge is 0.493 e. The third-order valence-electron chi connectivity index (χ3n) is 4.93. The van der Waals surface area contributed by atoms with Gasteiger partial charge in [0.1, 0.15) is 0 Å². The van der Waals surface area contributed by atoms with Crippen LogP contribution in [0.15, 0.2) is 48.5 Å². The Hall–Kier alpha value is -3.08. The molecule has 5 nitrogen and oxygen atoms in total. The quantitative estimate of drug-likeness (QED) is 0.673. The molecular formula is C24H27NO4. The van der Waals surface area contributed by atoms with Crippen LogP contribution in [-0.2, 0) is 9.59 Å². The van der Waals surface area contributed by atoms with E-state index >= 15 is 0 Å². The normalized spacial score (nSPS) is 14.5. The number of carbonyl (C=O) groups excluding carboxylic acids is 2. The van der Waals surface area contributed by atoms with Crippen molar-refractivity contribution >= 4 is 23.0 Å². The monoisotopic (exact) mass is 393 g/mol. The van der Waals surface area contributed by atoms with Gasteiger partial charge in [-0.05, 0) is 79.6 Å². The summed E-state index contributed by atoms with van der Waals surface area (Å²) in [6.07, 6.45) is 6.29. The summed E-state index contributed by atoms with van der Waals surface area (Å²) in [6, 6.07) is 13.2. The standard InChI is InChI=1S/C24H27NO4/c1-16(26)14-22(18-8-11-20(12-9-18)25-17(2)27)19-10-13-23(28-3)24(15-19)29-21-6-4-5-7-21/h8-15,21H,4-7H2,1-3H3,(H,25,27). The number of rotatable bonds is 7. The van der Waals surface area contributed by atoms with Crippen LogP contribution in [0.2, 0.25) is 0 Å². The summed E-state index contributed by atoms with van der Waals surface area (Å²) in [5.41, 5.74) is 3.27. The molecule has 0 atom stereocenters. The number of carbonyl (C=O) groups is 2. The second-order valence-electron chi connectivity index (χ2n) is 7.32. The van der Waals surface area contributed by atoms with E-state index in [0.717, 1.165) is 29.5 Å². The van der Waals surface area contributed by atoms with Crippen LogP contribution in [-0.4, -0.2) is 24.9 Å². The van der Waals surface area contributed by atoms with Crippen molar-refractivity contribution in [1.82, 2.24) is 0 Å². The zero-order chi connectivity index (χ0) is 20.8. The average Bonchev–Trinajstić information content (AvgIpc) is 3.19. The lowest BCUT2D eigenvalue weighted by Crippen LogP contribution is -2.11. The van der Waals surface area contributed by atoms with Crippen molar-refractivity contribution in [3.63, 3.8) is 0 Å². The minimum Gasteiger partial charge on any atom is -0.493 e. The van der Waals surface area contributed by atoms with Gasteiger partial charge in [0, 0.05) is 12.6 Å². The molecular weight excluding hydrogens is 366 g/mol. The van der Waals surface area contributed by atoms with E-state index in [-0.39, 0.29) is 17.8 Å². The summed E-state index contributed by atoms with van der Waals surface area (Å²) < 4.78 is 11.7. The fraction of sp³-hybridized carbons (Fsp3) is 0.333. The molecule has 0 aliphatic heterocycles. The minimum atomic E-state index is -0.124. The molecule has 0 bridgehead atoms. The van der Waals surface area contributed by atoms with Crippen molar-refractivity contribution in [2.75, 3.05) is 12.4 Å². The first-order valence-corrected chi connectivity index (χ1v) is 9.91. The van der Waals surface area contributed by atoms with E-state index in [0.29, 0.717) is 17.2 Å². The molecule has 2 aromatic rings. The number of amides is 1. The number of allylic oxidation sites excluding steroid dienone is 1. The minimum absolute atomic E-state index is 0.0417. The van der Waals surface area contributed by atoms with Gasteiger partial charge in [0.25, 0.3) is 0 Å². The Bertz CT molecular complexity index is 909. The fourth-order valence-corrected chi connectivity index (χ4v) is 3.60. The predicted octanol–water partition coefficient (Wildman–Crippen LogP) is 5.00. The molecule has 1 saturated carbocycles. The molecule has 1 aliphatic rings. The summed E-state index contributed by atoms with van der Waals surface area (Å²) in [7, 11) is 1.63. The van der Waals surface area contributed by atoms with E-state index in [1.54, 1.807) is 13.2 Å². The van der Waals surface area contributed by atoms with E-state index in [4.69, 9.17) is 9.47 Å². The van der Waals surface area contributed by atoms with Gasteiger partial charge in [-0.15, -0.1) is 0 Å². The number of hydrogen-bond donors (Lipinski definition) is 1. The number of ether oxygens (including phenoxy) is 2. The van der Waals surface area contributed by atoms with Crippen molar-refractivity contribution in [2.24, 2.45) is 0 Å². The van der Waals surface area contributed by atoms with Gasteiger partial charge in [0.15, 0.2) is 17.3 Å². The van der Waals surface area contributed by atoms with Gasteiger partial charge < -0.3 is 14.8 Å². The van der Waals surface area contributed by atoms with Gasteiger partial charge in [0.2, 0.25) is 5.91 Å². The smallest absolute Gasteiger partial charge is 0.221 e. The third kappa shape index (κ3) is 5.47. The molecule has 1 aliphatic carbocycles. The number of methoxy groups -OCH3 is 1. The molecule has 29 heavy (non-hydrogen) atoms. The summed E-state index contributed by atoms with van der Waals surface area (Å²) >= 11 is 0. The molecule has 0 heterocycles. The Kier molecular flexibility index (Phi) is 6.70. The maximum absolute atomic E-state index is 11.9. The molecule has 0 aromatic heterocycles. The molecule has 3 rings (SSSR count). The maximum Gasteiger partial charge on any atom is 0.221 e. The topological polar surface area (TPSA) is 64.6 Å². The SMILES string of the molecule is COc1ccc(C(=CC(C)=O)c2ccc(NC(C)=O)cc2)cc1OC1CCCC1. The molecule has 1 amide bonds. The van der Waals surface area contributed by atoms with Crippen LogP contribution in [0.4, 0.5) is 5.69 Å². The first-order valence-electron chi connectivity index (χ1n) is 9.91. The number of benzene rings is 2. The second kappa shape index (κ2) is 9.41. The van der Waals surface area contributed by atoms with E-state index < -0.39 is 0 Å². The van der Waals surface area contributed by atoms with Gasteiger partial charge in [-0.3, -0.25) is 9.59 Å². The van der Waals surface area contributed by atoms with Gasteiger partial charge in [-0.25, -0.2) is 0 Å². The van der Waals surface area contributed by atoms with Crippen LogP contribution >= 0.6 is 0 Å². The van der Waals surface area contributed by atoms with E-state index in [1.165, 1.54) is 26.7 Å². The summed E-state index contributed by atoms with van der Waals surface area (Å²) in [6.45, 7) is 3.00. The molecule has 2 aromatic carbocycles. The molecule has 1 fully saturated rings. The van der Waals surface area contributed by atoms with Gasteiger partial charge in [-0.2, -0.15) is 0 Å². The molecule has 0 saturated heterocycles. The number of ketones is 1. The van der Waals surface area contributed by atoms with E-state index in [9.17, 15) is 9.59 Å². The van der Waals surface area contributed by atoms with Crippen molar-refractivity contribution < 1.29 is 19.1 Å². The molecule has 1 N–H and O–H groups in total. The van der Waals surface area contributed by atoms with Crippen molar-refractivity contribution in [2.45, 2.75) is 45.6 Å². The summed E-state index contributed by atoms with van der Waals surface area (Å²) in [5, 5.41) is 2.75. The highest BCUT2D eigenvalue weighted by molar-refractivity contribution is 5.99. The van der Waals surface area contributed by atoms with Crippen molar-refractivity contribution in [3.05, 3.63) is 59.7 Å². The number of hydrogen-bond acceptors (Lipinski definition) is 4. The highest BCUT2D eigenvalue weighted by Crippen LogP contribution is 2.36. The molecule has 0 spiro atoms. The summed E-state index contributed by atoms with van der Waals surface area (Å²) in [5.74, 6) is 1.21. The Balaban J connectivity index is 1.96. The number of anilines is 1.